The number of nitrogens with one attached hydrogen (secondary N) is 1. The Hall–Kier alpha value is -2.35. The number of benzene rings is 1. The molecule has 0 bridgehead atoms. The van der Waals surface area contributed by atoms with Gasteiger partial charge in [0, 0.05) is 5.57 Å². The van der Waals surface area contributed by atoms with E-state index in [-0.39, 0.29) is 0 Å². The third-order valence-corrected chi connectivity index (χ3v) is 2.60. The Bertz CT molecular complexity index is 574. The number of hydrogen-bond donors (Lipinski definition) is 1. The molecular weight excluding hydrogens is 220 g/mol. The second-order valence-corrected chi connectivity index (χ2v) is 3.89. The lowest BCUT2D eigenvalue weighted by Gasteiger charge is -1.95. The van der Waals surface area contributed by atoms with Crippen LogP contribution in [0.3, 0.4) is 0 Å². The maximum atomic E-state index is 4.34. The molecule has 0 aliphatic carbocycles. The number of aromatic amines is 1. The van der Waals surface area contributed by atoms with Gasteiger partial charge >= 0.3 is 0 Å². The van der Waals surface area contributed by atoms with Crippen LogP contribution in [0, 0.1) is 0 Å². The smallest absolute Gasteiger partial charge is 0.0927 e. The highest BCUT2D eigenvalue weighted by molar-refractivity contribution is 5.75. The van der Waals surface area contributed by atoms with Crippen molar-refractivity contribution in [3.63, 3.8) is 0 Å². The van der Waals surface area contributed by atoms with Gasteiger partial charge in [0.05, 0.1) is 11.4 Å². The third kappa shape index (κ3) is 2.66. The van der Waals surface area contributed by atoms with Crippen molar-refractivity contribution in [1.29, 1.82) is 0 Å². The van der Waals surface area contributed by atoms with E-state index < -0.39 is 0 Å². The van der Waals surface area contributed by atoms with Crippen LogP contribution in [0.2, 0.25) is 0 Å². The molecule has 1 heterocycles. The summed E-state index contributed by atoms with van der Waals surface area (Å²) in [5, 5.41) is 7.40. The molecule has 0 atom stereocenters. The fourth-order valence-corrected chi connectivity index (χ4v) is 1.77. The molecule has 2 rings (SSSR count). The molecule has 0 fully saturated rings. The van der Waals surface area contributed by atoms with Gasteiger partial charge in [-0.25, -0.2) is 0 Å². The Morgan fingerprint density at radius 3 is 2.72 bits per heavy atom. The summed E-state index contributed by atoms with van der Waals surface area (Å²) in [6.07, 6.45) is 7.73. The molecule has 0 aliphatic rings. The van der Waals surface area contributed by atoms with Crippen LogP contribution in [-0.2, 0) is 0 Å². The second kappa shape index (κ2) is 5.82. The van der Waals surface area contributed by atoms with E-state index in [9.17, 15) is 0 Å². The Balaban J connectivity index is 2.36. The number of allylic oxidation sites excluding steroid dienone is 5. The van der Waals surface area contributed by atoms with Crippen molar-refractivity contribution in [1.82, 2.24) is 10.2 Å². The summed E-state index contributed by atoms with van der Waals surface area (Å²) in [5.74, 6) is 0. The lowest BCUT2D eigenvalue weighted by Crippen LogP contribution is -1.80. The minimum atomic E-state index is 0.923. The highest BCUT2D eigenvalue weighted by atomic mass is 15.1. The zero-order chi connectivity index (χ0) is 12.8. The first-order valence-corrected chi connectivity index (χ1v) is 5.91. The Morgan fingerprint density at radius 2 is 2.06 bits per heavy atom. The monoisotopic (exact) mass is 236 g/mol. The molecule has 1 aromatic carbocycles. The highest BCUT2D eigenvalue weighted by Gasteiger charge is 2.05. The van der Waals surface area contributed by atoms with Crippen LogP contribution >= 0.6 is 0 Å². The zero-order valence-corrected chi connectivity index (χ0v) is 10.4. The van der Waals surface area contributed by atoms with Crippen molar-refractivity contribution < 1.29 is 0 Å². The Morgan fingerprint density at radius 1 is 1.28 bits per heavy atom. The van der Waals surface area contributed by atoms with E-state index in [1.54, 1.807) is 6.08 Å². The molecule has 0 spiro atoms. The molecular formula is C16H16N2. The van der Waals surface area contributed by atoms with Gasteiger partial charge in [-0.1, -0.05) is 61.2 Å². The van der Waals surface area contributed by atoms with Crippen LogP contribution in [0.4, 0.5) is 0 Å². The molecule has 0 saturated carbocycles. The van der Waals surface area contributed by atoms with Crippen LogP contribution in [0.15, 0.2) is 67.3 Å². The van der Waals surface area contributed by atoms with Gasteiger partial charge in [0.15, 0.2) is 0 Å². The van der Waals surface area contributed by atoms with E-state index >= 15 is 0 Å². The maximum absolute atomic E-state index is 4.34. The largest absolute Gasteiger partial charge is 0.277 e. The second-order valence-electron chi connectivity index (χ2n) is 3.89. The van der Waals surface area contributed by atoms with Crippen LogP contribution in [-0.4, -0.2) is 10.2 Å². The van der Waals surface area contributed by atoms with Crippen molar-refractivity contribution in [2.75, 3.05) is 0 Å². The van der Waals surface area contributed by atoms with Crippen molar-refractivity contribution >= 4 is 5.57 Å². The van der Waals surface area contributed by atoms with E-state index in [0.29, 0.717) is 0 Å². The van der Waals surface area contributed by atoms with Crippen molar-refractivity contribution in [3.05, 3.63) is 73.0 Å². The van der Waals surface area contributed by atoms with Crippen molar-refractivity contribution in [2.24, 2.45) is 0 Å². The maximum Gasteiger partial charge on any atom is 0.0927 e. The molecule has 1 aromatic heterocycles. The number of aromatic nitrogens is 2. The summed E-state index contributed by atoms with van der Waals surface area (Å²) in [7, 11) is 0. The number of H-pyrrole nitrogens is 1. The number of hydrogen-bond acceptors (Lipinski definition) is 1. The van der Waals surface area contributed by atoms with E-state index in [4.69, 9.17) is 0 Å². The molecule has 0 radical (unpaired) electrons. The Kier molecular flexibility index (Phi) is 3.92. The third-order valence-electron chi connectivity index (χ3n) is 2.60. The molecule has 0 saturated heterocycles. The van der Waals surface area contributed by atoms with Gasteiger partial charge < -0.3 is 0 Å². The molecule has 0 amide bonds. The summed E-state index contributed by atoms with van der Waals surface area (Å²) in [4.78, 5) is 0. The molecule has 2 heteroatoms. The van der Waals surface area contributed by atoms with Crippen LogP contribution in [0.5, 0.6) is 0 Å². The first-order chi connectivity index (χ1) is 8.85. The van der Waals surface area contributed by atoms with Crippen LogP contribution in [0.1, 0.15) is 12.6 Å². The number of nitrogens with zero attached hydrogens (tertiary/aromatic N) is 1. The Labute approximate surface area is 107 Å². The zero-order valence-electron chi connectivity index (χ0n) is 10.4. The fraction of sp³-hybridized carbons (Fsp3) is 0.0625. The minimum Gasteiger partial charge on any atom is -0.277 e. The van der Waals surface area contributed by atoms with Gasteiger partial charge in [-0.2, -0.15) is 5.10 Å². The average molecular weight is 236 g/mol. The molecule has 1 N–H and O–H groups in total. The lowest BCUT2D eigenvalue weighted by atomic mass is 10.1. The van der Waals surface area contributed by atoms with E-state index in [1.807, 2.05) is 49.4 Å². The van der Waals surface area contributed by atoms with E-state index in [0.717, 1.165) is 22.5 Å². The van der Waals surface area contributed by atoms with Gasteiger partial charge in [0.2, 0.25) is 0 Å². The van der Waals surface area contributed by atoms with Crippen molar-refractivity contribution in [2.45, 2.75) is 6.92 Å². The van der Waals surface area contributed by atoms with E-state index in [1.165, 1.54) is 0 Å². The predicted octanol–water partition coefficient (Wildman–Crippen LogP) is 4.22. The lowest BCUT2D eigenvalue weighted by molar-refractivity contribution is 1.08. The van der Waals surface area contributed by atoms with Crippen LogP contribution < -0.4 is 0 Å². The SMILES string of the molecule is C=C/C=C(\C=C/C)c1cc(-c2ccccc2)[nH]n1. The summed E-state index contributed by atoms with van der Waals surface area (Å²) in [6, 6.07) is 12.2. The molecule has 90 valence electrons. The average Bonchev–Trinajstić information content (AvgIpc) is 2.89. The standard InChI is InChI=1S/C16H16N2/c1-3-8-13(9-4-2)15-12-16(18-17-15)14-10-6-5-7-11-14/h3-12H,1H2,2H3,(H,17,18)/b9-4-,13-8+. The molecule has 18 heavy (non-hydrogen) atoms. The molecule has 0 aliphatic heterocycles. The summed E-state index contributed by atoms with van der Waals surface area (Å²) < 4.78 is 0. The molecule has 0 unspecified atom stereocenters. The van der Waals surface area contributed by atoms with Crippen LogP contribution in [0.25, 0.3) is 16.8 Å². The quantitative estimate of drug-likeness (QED) is 0.791. The van der Waals surface area contributed by atoms with Gasteiger partial charge in [-0.15, -0.1) is 0 Å². The molecule has 2 aromatic rings. The normalized spacial score (nSPS) is 11.9. The van der Waals surface area contributed by atoms with E-state index in [2.05, 4.69) is 28.9 Å². The van der Waals surface area contributed by atoms with Crippen molar-refractivity contribution in [3.8, 4) is 11.3 Å². The summed E-state index contributed by atoms with van der Waals surface area (Å²) >= 11 is 0. The fourth-order valence-electron chi connectivity index (χ4n) is 1.77. The van der Waals surface area contributed by atoms with Gasteiger partial charge in [-0.05, 0) is 18.6 Å². The summed E-state index contributed by atoms with van der Waals surface area (Å²) in [6.45, 7) is 5.71. The predicted molar refractivity (Wildman–Crippen MR) is 77.0 cm³/mol. The number of rotatable bonds is 4. The first kappa shape index (κ1) is 12.1. The topological polar surface area (TPSA) is 28.7 Å². The van der Waals surface area contributed by atoms with Gasteiger partial charge in [-0.3, -0.25) is 5.10 Å². The van der Waals surface area contributed by atoms with Gasteiger partial charge in [0.1, 0.15) is 0 Å². The highest BCUT2D eigenvalue weighted by Crippen LogP contribution is 2.21. The summed E-state index contributed by atoms with van der Waals surface area (Å²) in [5.41, 5.74) is 4.12. The van der Waals surface area contributed by atoms with Gasteiger partial charge in [0.25, 0.3) is 0 Å². The molecule has 2 nitrogen and oxygen atoms in total. The minimum absolute atomic E-state index is 0.923. The first-order valence-electron chi connectivity index (χ1n) is 5.91.